The second kappa shape index (κ2) is 8.61. The molecule has 0 heterocycles. The molecule has 4 rings (SSSR count). The number of ether oxygens (including phenoxy) is 1. The van der Waals surface area contributed by atoms with Crippen molar-refractivity contribution in [3.05, 3.63) is 87.9 Å². The monoisotopic (exact) mass is 455 g/mol. The van der Waals surface area contributed by atoms with Gasteiger partial charge in [0.2, 0.25) is 0 Å². The third kappa shape index (κ3) is 3.99. The predicted molar refractivity (Wildman–Crippen MR) is 121 cm³/mol. The fourth-order valence-corrected chi connectivity index (χ4v) is 4.19. The van der Waals surface area contributed by atoms with Crippen molar-refractivity contribution < 1.29 is 19.4 Å². The van der Waals surface area contributed by atoms with Gasteiger partial charge in [-0.2, -0.15) is 0 Å². The molecule has 3 aromatic carbocycles. The van der Waals surface area contributed by atoms with E-state index in [1.807, 2.05) is 48.5 Å². The van der Waals surface area contributed by atoms with E-state index in [0.29, 0.717) is 10.7 Å². The van der Waals surface area contributed by atoms with Crippen molar-refractivity contribution in [1.82, 2.24) is 0 Å². The van der Waals surface area contributed by atoms with Crippen LogP contribution in [0.1, 0.15) is 24.0 Å². The van der Waals surface area contributed by atoms with Gasteiger partial charge in [0.25, 0.3) is 0 Å². The lowest BCUT2D eigenvalue weighted by Crippen LogP contribution is -2.44. The van der Waals surface area contributed by atoms with Crippen LogP contribution < -0.4 is 4.90 Å². The maximum atomic E-state index is 13.0. The molecule has 0 bridgehead atoms. The van der Waals surface area contributed by atoms with Crippen LogP contribution in [-0.4, -0.2) is 29.8 Å². The Hall–Kier alpha value is -3.02. The average Bonchev–Trinajstić information content (AvgIpc) is 3.08. The Bertz CT molecular complexity index is 1120. The molecule has 5 nitrogen and oxygen atoms in total. The predicted octanol–water partition coefficient (Wildman–Crippen LogP) is 6.22. The quantitative estimate of drug-likeness (QED) is 0.495. The molecule has 31 heavy (non-hydrogen) atoms. The highest BCUT2D eigenvalue weighted by atomic mass is 35.5. The van der Waals surface area contributed by atoms with E-state index in [9.17, 15) is 14.7 Å². The molecular formula is C24H19Cl2NO4. The Labute approximate surface area is 189 Å². The van der Waals surface area contributed by atoms with Gasteiger partial charge in [-0.1, -0.05) is 71.7 Å². The van der Waals surface area contributed by atoms with Crippen molar-refractivity contribution in [2.75, 3.05) is 11.5 Å². The Kier molecular flexibility index (Phi) is 5.90. The van der Waals surface area contributed by atoms with Crippen molar-refractivity contribution >= 4 is 41.0 Å². The highest BCUT2D eigenvalue weighted by Crippen LogP contribution is 2.44. The molecule has 1 amide bonds. The summed E-state index contributed by atoms with van der Waals surface area (Å²) in [7, 11) is 0. The molecule has 1 atom stereocenters. The topological polar surface area (TPSA) is 66.8 Å². The molecule has 0 aliphatic heterocycles. The van der Waals surface area contributed by atoms with Crippen LogP contribution in [-0.2, 0) is 9.53 Å². The first-order valence-corrected chi connectivity index (χ1v) is 10.5. The molecule has 0 aromatic heterocycles. The number of carboxylic acid groups (broad SMARTS) is 1. The van der Waals surface area contributed by atoms with Crippen LogP contribution in [0, 0.1) is 0 Å². The Balaban J connectivity index is 1.61. The molecule has 0 saturated heterocycles. The minimum Gasteiger partial charge on any atom is -0.480 e. The molecule has 1 N–H and O–H groups in total. The Morgan fingerprint density at radius 1 is 0.968 bits per heavy atom. The summed E-state index contributed by atoms with van der Waals surface area (Å²) in [5.74, 6) is -1.30. The van der Waals surface area contributed by atoms with E-state index in [1.165, 1.54) is 25.1 Å². The van der Waals surface area contributed by atoms with Crippen LogP contribution in [0.3, 0.4) is 0 Å². The number of carbonyl (C=O) groups excluding carboxylic acids is 1. The fraction of sp³-hybridized carbons (Fsp3) is 0.167. The number of halogens is 2. The van der Waals surface area contributed by atoms with E-state index in [1.54, 1.807) is 0 Å². The minimum atomic E-state index is -1.17. The van der Waals surface area contributed by atoms with Gasteiger partial charge < -0.3 is 9.84 Å². The average molecular weight is 456 g/mol. The second-order valence-corrected chi connectivity index (χ2v) is 8.10. The smallest absolute Gasteiger partial charge is 0.415 e. The summed E-state index contributed by atoms with van der Waals surface area (Å²) >= 11 is 12.0. The van der Waals surface area contributed by atoms with Gasteiger partial charge in [0, 0.05) is 11.6 Å². The SMILES string of the molecule is C[C@@H](C(=O)O)N(C(=O)OCC1c2ccccc2-c2ccccc21)c1ccc(Cl)c(Cl)c1. The first-order valence-electron chi connectivity index (χ1n) is 9.70. The van der Waals surface area contributed by atoms with Crippen molar-refractivity contribution in [1.29, 1.82) is 0 Å². The van der Waals surface area contributed by atoms with Gasteiger partial charge in [-0.05, 0) is 47.4 Å². The maximum absolute atomic E-state index is 13.0. The summed E-state index contributed by atoms with van der Waals surface area (Å²) in [4.78, 5) is 25.7. The molecule has 0 fully saturated rings. The van der Waals surface area contributed by atoms with Gasteiger partial charge in [-0.15, -0.1) is 0 Å². The maximum Gasteiger partial charge on any atom is 0.415 e. The largest absolute Gasteiger partial charge is 0.480 e. The lowest BCUT2D eigenvalue weighted by Gasteiger charge is -2.27. The van der Waals surface area contributed by atoms with Gasteiger partial charge in [0.05, 0.1) is 10.0 Å². The van der Waals surface area contributed by atoms with Gasteiger partial charge in [0.15, 0.2) is 0 Å². The van der Waals surface area contributed by atoms with Crippen LogP contribution in [0.15, 0.2) is 66.7 Å². The van der Waals surface area contributed by atoms with Crippen LogP contribution in [0.2, 0.25) is 10.0 Å². The van der Waals surface area contributed by atoms with E-state index in [-0.39, 0.29) is 17.5 Å². The highest BCUT2D eigenvalue weighted by molar-refractivity contribution is 6.42. The van der Waals surface area contributed by atoms with Crippen LogP contribution in [0.4, 0.5) is 10.5 Å². The Morgan fingerprint density at radius 2 is 1.55 bits per heavy atom. The van der Waals surface area contributed by atoms with E-state index < -0.39 is 18.1 Å². The van der Waals surface area contributed by atoms with Gasteiger partial charge >= 0.3 is 12.1 Å². The summed E-state index contributed by atoms with van der Waals surface area (Å²) < 4.78 is 5.65. The number of hydrogen-bond donors (Lipinski definition) is 1. The standard InChI is InChI=1S/C24H19Cl2NO4/c1-14(23(28)29)27(15-10-11-21(25)22(26)12-15)24(30)31-13-20-18-8-4-2-6-16(18)17-7-3-5-9-19(17)20/h2-12,14,20H,13H2,1H3,(H,28,29)/t14-/m0/s1. The summed E-state index contributed by atoms with van der Waals surface area (Å²) in [5.41, 5.74) is 4.66. The van der Waals surface area contributed by atoms with E-state index >= 15 is 0 Å². The number of benzene rings is 3. The van der Waals surface area contributed by atoms with Crippen LogP contribution in [0.25, 0.3) is 11.1 Å². The summed E-state index contributed by atoms with van der Waals surface area (Å²) in [6.07, 6.45) is -0.768. The van der Waals surface area contributed by atoms with Crippen molar-refractivity contribution in [3.8, 4) is 11.1 Å². The van der Waals surface area contributed by atoms with Crippen molar-refractivity contribution in [2.24, 2.45) is 0 Å². The molecular weight excluding hydrogens is 437 g/mol. The zero-order valence-corrected chi connectivity index (χ0v) is 18.1. The zero-order valence-electron chi connectivity index (χ0n) is 16.6. The lowest BCUT2D eigenvalue weighted by atomic mass is 9.98. The summed E-state index contributed by atoms with van der Waals surface area (Å²) in [6, 6.07) is 19.3. The molecule has 1 aliphatic carbocycles. The number of nitrogens with zero attached hydrogens (tertiary/aromatic N) is 1. The third-order valence-electron chi connectivity index (χ3n) is 5.46. The first-order chi connectivity index (χ1) is 14.9. The van der Waals surface area contributed by atoms with Crippen molar-refractivity contribution in [3.63, 3.8) is 0 Å². The molecule has 0 radical (unpaired) electrons. The van der Waals surface area contributed by atoms with Gasteiger partial charge in [-0.3, -0.25) is 4.90 Å². The number of carboxylic acids is 1. The molecule has 3 aromatic rings. The Morgan fingerprint density at radius 3 is 2.10 bits per heavy atom. The summed E-state index contributed by atoms with van der Waals surface area (Å²) in [5, 5.41) is 10.0. The summed E-state index contributed by atoms with van der Waals surface area (Å²) in [6.45, 7) is 1.49. The molecule has 158 valence electrons. The number of amides is 1. The van der Waals surface area contributed by atoms with E-state index in [0.717, 1.165) is 27.2 Å². The fourth-order valence-electron chi connectivity index (χ4n) is 3.90. The zero-order chi connectivity index (χ0) is 22.1. The second-order valence-electron chi connectivity index (χ2n) is 7.29. The van der Waals surface area contributed by atoms with Gasteiger partial charge in [0.1, 0.15) is 12.6 Å². The number of aliphatic carboxylic acids is 1. The lowest BCUT2D eigenvalue weighted by molar-refractivity contribution is -0.138. The molecule has 1 aliphatic rings. The number of fused-ring (bicyclic) bond motifs is 3. The highest BCUT2D eigenvalue weighted by Gasteiger charge is 2.32. The normalized spacial score (nSPS) is 13.3. The van der Waals surface area contributed by atoms with Gasteiger partial charge in [-0.25, -0.2) is 9.59 Å². The van der Waals surface area contributed by atoms with E-state index in [4.69, 9.17) is 27.9 Å². The molecule has 7 heteroatoms. The van der Waals surface area contributed by atoms with Crippen molar-refractivity contribution in [2.45, 2.75) is 18.9 Å². The first kappa shape index (κ1) is 21.2. The number of carbonyl (C=O) groups is 2. The number of anilines is 1. The molecule has 0 saturated carbocycles. The van der Waals surface area contributed by atoms with Crippen LogP contribution >= 0.6 is 23.2 Å². The minimum absolute atomic E-state index is 0.0804. The molecule has 0 spiro atoms. The number of rotatable bonds is 5. The number of hydrogen-bond acceptors (Lipinski definition) is 3. The van der Waals surface area contributed by atoms with E-state index in [2.05, 4.69) is 0 Å². The third-order valence-corrected chi connectivity index (χ3v) is 6.20. The van der Waals surface area contributed by atoms with Crippen LogP contribution in [0.5, 0.6) is 0 Å². The molecule has 0 unspecified atom stereocenters.